The fraction of sp³-hybridized carbons (Fsp3) is 0.385. The number of nitrogens with zero attached hydrogens (tertiary/aromatic N) is 3. The van der Waals surface area contributed by atoms with E-state index in [1.807, 2.05) is 19.0 Å². The van der Waals surface area contributed by atoms with E-state index in [0.717, 1.165) is 18.5 Å². The van der Waals surface area contributed by atoms with Gasteiger partial charge in [0.1, 0.15) is 11.6 Å². The molecule has 0 aliphatic heterocycles. The Bertz CT molecular complexity index is 555. The van der Waals surface area contributed by atoms with E-state index in [1.54, 1.807) is 0 Å². The molecular formula is C13H18F3N5O. The SMILES string of the molecule is CN(C)CCN=C/C(=C\N)c1cnc(N)cc1OC(F)(F)F. The van der Waals surface area contributed by atoms with E-state index in [4.69, 9.17) is 11.5 Å². The molecular weight excluding hydrogens is 299 g/mol. The number of pyridine rings is 1. The van der Waals surface area contributed by atoms with Crippen LogP contribution in [0.4, 0.5) is 19.0 Å². The lowest BCUT2D eigenvalue weighted by molar-refractivity contribution is -0.274. The smallest absolute Gasteiger partial charge is 0.405 e. The van der Waals surface area contributed by atoms with Crippen LogP contribution in [-0.4, -0.2) is 49.6 Å². The number of hydrogen-bond donors (Lipinski definition) is 2. The number of allylic oxidation sites excluding steroid dienone is 1. The van der Waals surface area contributed by atoms with E-state index in [1.165, 1.54) is 6.21 Å². The lowest BCUT2D eigenvalue weighted by Crippen LogP contribution is -2.18. The lowest BCUT2D eigenvalue weighted by atomic mass is 10.1. The van der Waals surface area contributed by atoms with E-state index in [0.29, 0.717) is 13.1 Å². The van der Waals surface area contributed by atoms with Gasteiger partial charge in [-0.1, -0.05) is 0 Å². The molecule has 0 atom stereocenters. The second kappa shape index (κ2) is 7.64. The molecule has 6 nitrogen and oxygen atoms in total. The largest absolute Gasteiger partial charge is 0.573 e. The second-order valence-electron chi connectivity index (χ2n) is 4.61. The molecule has 9 heteroatoms. The molecule has 0 aromatic carbocycles. The third kappa shape index (κ3) is 6.00. The van der Waals surface area contributed by atoms with E-state index in [-0.39, 0.29) is 17.0 Å². The number of rotatable bonds is 6. The highest BCUT2D eigenvalue weighted by molar-refractivity contribution is 6.10. The number of ether oxygens (including phenoxy) is 1. The zero-order valence-corrected chi connectivity index (χ0v) is 12.3. The van der Waals surface area contributed by atoms with Gasteiger partial charge in [0, 0.05) is 42.4 Å². The van der Waals surface area contributed by atoms with Gasteiger partial charge in [-0.25, -0.2) is 4.98 Å². The van der Waals surface area contributed by atoms with E-state index in [9.17, 15) is 13.2 Å². The first kappa shape index (κ1) is 17.8. The van der Waals surface area contributed by atoms with E-state index >= 15 is 0 Å². The molecule has 1 rings (SSSR count). The summed E-state index contributed by atoms with van der Waals surface area (Å²) in [5.41, 5.74) is 11.2. The summed E-state index contributed by atoms with van der Waals surface area (Å²) < 4.78 is 41.3. The Kier molecular flexibility index (Phi) is 6.17. The van der Waals surface area contributed by atoms with Crippen molar-refractivity contribution in [3.8, 4) is 5.75 Å². The van der Waals surface area contributed by atoms with Gasteiger partial charge in [-0.2, -0.15) is 0 Å². The second-order valence-corrected chi connectivity index (χ2v) is 4.61. The summed E-state index contributed by atoms with van der Waals surface area (Å²) >= 11 is 0. The summed E-state index contributed by atoms with van der Waals surface area (Å²) in [6.07, 6.45) is -1.17. The highest BCUT2D eigenvalue weighted by Crippen LogP contribution is 2.30. The number of anilines is 1. The van der Waals surface area contributed by atoms with Gasteiger partial charge in [-0.15, -0.1) is 13.2 Å². The molecule has 0 radical (unpaired) electrons. The Morgan fingerprint density at radius 1 is 1.45 bits per heavy atom. The van der Waals surface area contributed by atoms with Crippen LogP contribution in [0.25, 0.3) is 5.57 Å². The van der Waals surface area contributed by atoms with Crippen molar-refractivity contribution >= 4 is 17.6 Å². The first-order chi connectivity index (χ1) is 10.2. The fourth-order valence-electron chi connectivity index (χ4n) is 1.50. The number of nitrogens with two attached hydrogens (primary N) is 2. The van der Waals surface area contributed by atoms with Crippen molar-refractivity contribution in [2.24, 2.45) is 10.7 Å². The zero-order chi connectivity index (χ0) is 16.8. The Morgan fingerprint density at radius 2 is 2.14 bits per heavy atom. The van der Waals surface area contributed by atoms with Gasteiger partial charge >= 0.3 is 6.36 Å². The maximum Gasteiger partial charge on any atom is 0.573 e. The maximum atomic E-state index is 12.4. The monoisotopic (exact) mass is 317 g/mol. The summed E-state index contributed by atoms with van der Waals surface area (Å²) in [5, 5.41) is 0. The molecule has 0 aliphatic rings. The van der Waals surface area contributed by atoms with Gasteiger partial charge < -0.3 is 21.1 Å². The molecule has 0 bridgehead atoms. The van der Waals surface area contributed by atoms with Crippen molar-refractivity contribution in [1.29, 1.82) is 0 Å². The fourth-order valence-corrected chi connectivity index (χ4v) is 1.50. The first-order valence-electron chi connectivity index (χ1n) is 6.31. The van der Waals surface area contributed by atoms with Crippen molar-refractivity contribution in [2.75, 3.05) is 32.9 Å². The van der Waals surface area contributed by atoms with Crippen LogP contribution in [-0.2, 0) is 0 Å². The van der Waals surface area contributed by atoms with Crippen LogP contribution in [0.3, 0.4) is 0 Å². The maximum absolute atomic E-state index is 12.4. The third-order valence-corrected chi connectivity index (χ3v) is 2.51. The molecule has 122 valence electrons. The molecule has 22 heavy (non-hydrogen) atoms. The Hall–Kier alpha value is -2.29. The highest BCUT2D eigenvalue weighted by atomic mass is 19.4. The molecule has 0 saturated carbocycles. The topological polar surface area (TPSA) is 89.8 Å². The number of hydrogen-bond acceptors (Lipinski definition) is 6. The summed E-state index contributed by atoms with van der Waals surface area (Å²) in [4.78, 5) is 9.79. The van der Waals surface area contributed by atoms with Gasteiger partial charge in [0.25, 0.3) is 0 Å². The van der Waals surface area contributed by atoms with Crippen LogP contribution in [0.1, 0.15) is 5.56 Å². The Labute approximate surface area is 126 Å². The standard InChI is InChI=1S/C13H18F3N5O/c1-21(2)4-3-19-7-9(6-17)10-8-20-12(18)5-11(10)22-13(14,15)16/h5-8H,3-4,17H2,1-2H3,(H2,18,20)/b9-6+,19-7?. The minimum Gasteiger partial charge on any atom is -0.405 e. The van der Waals surface area contributed by atoms with Crippen LogP contribution in [0, 0.1) is 0 Å². The quantitative estimate of drug-likeness (QED) is 0.776. The number of nitrogen functional groups attached to an aromatic ring is 1. The Morgan fingerprint density at radius 3 is 2.68 bits per heavy atom. The van der Waals surface area contributed by atoms with Crippen molar-refractivity contribution < 1.29 is 17.9 Å². The molecule has 0 aliphatic carbocycles. The van der Waals surface area contributed by atoms with Crippen LogP contribution in [0.2, 0.25) is 0 Å². The van der Waals surface area contributed by atoms with E-state index < -0.39 is 12.1 Å². The predicted octanol–water partition coefficient (Wildman–Crippen LogP) is 1.49. The molecule has 4 N–H and O–H groups in total. The minimum atomic E-state index is -4.84. The normalized spacial score (nSPS) is 13.1. The molecule has 0 amide bonds. The van der Waals surface area contributed by atoms with Crippen LogP contribution in [0.15, 0.2) is 23.5 Å². The number of likely N-dealkylation sites (N-methyl/N-ethyl adjacent to an activating group) is 1. The van der Waals surface area contributed by atoms with Crippen molar-refractivity contribution in [2.45, 2.75) is 6.36 Å². The van der Waals surface area contributed by atoms with Crippen molar-refractivity contribution in [3.05, 3.63) is 24.0 Å². The predicted molar refractivity (Wildman–Crippen MR) is 79.4 cm³/mol. The average Bonchev–Trinajstić information content (AvgIpc) is 2.38. The molecule has 1 aromatic rings. The Balaban J connectivity index is 3.01. The lowest BCUT2D eigenvalue weighted by Gasteiger charge is -2.13. The number of halogens is 3. The van der Waals surface area contributed by atoms with Crippen LogP contribution in [0.5, 0.6) is 5.75 Å². The van der Waals surface area contributed by atoms with E-state index in [2.05, 4.69) is 14.7 Å². The van der Waals surface area contributed by atoms with Gasteiger partial charge in [0.05, 0.1) is 6.54 Å². The third-order valence-electron chi connectivity index (χ3n) is 2.51. The molecule has 1 aromatic heterocycles. The molecule has 0 unspecified atom stereocenters. The molecule has 0 saturated heterocycles. The minimum absolute atomic E-state index is 0.0580. The molecule has 0 spiro atoms. The number of alkyl halides is 3. The summed E-state index contributed by atoms with van der Waals surface area (Å²) in [5.74, 6) is -0.570. The van der Waals surface area contributed by atoms with Crippen LogP contribution < -0.4 is 16.2 Å². The highest BCUT2D eigenvalue weighted by Gasteiger charge is 2.32. The zero-order valence-electron chi connectivity index (χ0n) is 12.3. The van der Waals surface area contributed by atoms with Gasteiger partial charge in [-0.05, 0) is 14.1 Å². The summed E-state index contributed by atoms with van der Waals surface area (Å²) in [6, 6.07) is 0.986. The van der Waals surface area contributed by atoms with Crippen molar-refractivity contribution in [3.63, 3.8) is 0 Å². The van der Waals surface area contributed by atoms with Gasteiger partial charge in [0.15, 0.2) is 0 Å². The van der Waals surface area contributed by atoms with Gasteiger partial charge in [0.2, 0.25) is 0 Å². The summed E-state index contributed by atoms with van der Waals surface area (Å²) in [7, 11) is 3.77. The number of aromatic nitrogens is 1. The van der Waals surface area contributed by atoms with Gasteiger partial charge in [-0.3, -0.25) is 4.99 Å². The average molecular weight is 317 g/mol. The first-order valence-corrected chi connectivity index (χ1v) is 6.31. The summed E-state index contributed by atoms with van der Waals surface area (Å²) in [6.45, 7) is 1.17. The molecule has 1 heterocycles. The number of aliphatic imine (C=N–C) groups is 1. The van der Waals surface area contributed by atoms with Crippen molar-refractivity contribution in [1.82, 2.24) is 9.88 Å². The molecule has 0 fully saturated rings. The van der Waals surface area contributed by atoms with Crippen LogP contribution >= 0.6 is 0 Å².